The van der Waals surface area contributed by atoms with Gasteiger partial charge in [0, 0.05) is 50.4 Å². The topological polar surface area (TPSA) is 36.0 Å². The molecule has 2 bridgehead atoms. The highest BCUT2D eigenvalue weighted by molar-refractivity contribution is 5.94. The second-order valence-corrected chi connectivity index (χ2v) is 9.62. The Kier molecular flexibility index (Phi) is 6.52. The molecule has 0 aliphatic carbocycles. The molecule has 0 N–H and O–H groups in total. The van der Waals surface area contributed by atoms with Gasteiger partial charge in [0.2, 0.25) is 0 Å². The van der Waals surface area contributed by atoms with Gasteiger partial charge in [-0.25, -0.2) is 0 Å². The molecule has 33 heavy (non-hydrogen) atoms. The Morgan fingerprint density at radius 2 is 1.76 bits per heavy atom. The maximum atomic E-state index is 12.9. The Labute approximate surface area is 197 Å². The number of ether oxygens (including phenoxy) is 1. The number of piperazine rings is 1. The minimum atomic E-state index is 0.144. The van der Waals surface area contributed by atoms with E-state index in [1.807, 2.05) is 29.2 Å². The van der Waals surface area contributed by atoms with E-state index in [2.05, 4.69) is 46.7 Å². The summed E-state index contributed by atoms with van der Waals surface area (Å²) in [5.74, 6) is 1.04. The number of likely N-dealkylation sites (tertiary alicyclic amines) is 2. The van der Waals surface area contributed by atoms with Crippen molar-refractivity contribution < 1.29 is 9.53 Å². The summed E-state index contributed by atoms with van der Waals surface area (Å²) in [7, 11) is 1.72. The average Bonchev–Trinajstić information content (AvgIpc) is 3.46. The Balaban J connectivity index is 1.44. The number of hydrogen-bond donors (Lipinski definition) is 0. The van der Waals surface area contributed by atoms with Crippen LogP contribution in [0.3, 0.4) is 0 Å². The van der Waals surface area contributed by atoms with Gasteiger partial charge in [-0.05, 0) is 61.1 Å². The van der Waals surface area contributed by atoms with E-state index >= 15 is 0 Å². The molecular formula is C28H35N3O2. The quantitative estimate of drug-likeness (QED) is 0.594. The summed E-state index contributed by atoms with van der Waals surface area (Å²) in [4.78, 5) is 20.1. The first-order chi connectivity index (χ1) is 16.2. The van der Waals surface area contributed by atoms with Crippen molar-refractivity contribution >= 4 is 5.91 Å². The number of hydrogen-bond acceptors (Lipinski definition) is 4. The third-order valence-electron chi connectivity index (χ3n) is 7.64. The lowest BCUT2D eigenvalue weighted by molar-refractivity contribution is 0.0582. The predicted molar refractivity (Wildman–Crippen MR) is 132 cm³/mol. The third kappa shape index (κ3) is 4.44. The summed E-state index contributed by atoms with van der Waals surface area (Å²) in [6.45, 7) is 8.79. The van der Waals surface area contributed by atoms with Crippen LogP contribution in [0.5, 0.6) is 5.75 Å². The van der Waals surface area contributed by atoms with E-state index in [0.717, 1.165) is 56.9 Å². The van der Waals surface area contributed by atoms with Crippen molar-refractivity contribution in [2.75, 3.05) is 39.8 Å². The summed E-state index contributed by atoms with van der Waals surface area (Å²) in [5.41, 5.74) is 3.27. The highest BCUT2D eigenvalue weighted by atomic mass is 16.5. The van der Waals surface area contributed by atoms with Crippen molar-refractivity contribution in [1.29, 1.82) is 0 Å². The average molecular weight is 446 g/mol. The molecule has 3 aliphatic heterocycles. The van der Waals surface area contributed by atoms with E-state index in [-0.39, 0.29) is 11.9 Å². The Morgan fingerprint density at radius 3 is 2.39 bits per heavy atom. The lowest BCUT2D eigenvalue weighted by Crippen LogP contribution is -2.54. The zero-order valence-electron chi connectivity index (χ0n) is 19.7. The number of rotatable bonds is 7. The molecular weight excluding hydrogens is 410 g/mol. The largest absolute Gasteiger partial charge is 0.497 e. The fraction of sp³-hybridized carbons (Fsp3) is 0.464. The monoisotopic (exact) mass is 445 g/mol. The van der Waals surface area contributed by atoms with Gasteiger partial charge in [0.1, 0.15) is 5.75 Å². The minimum absolute atomic E-state index is 0.144. The van der Waals surface area contributed by atoms with Crippen LogP contribution in [0, 0.1) is 0 Å². The first-order valence-electron chi connectivity index (χ1n) is 12.3. The highest BCUT2D eigenvalue weighted by Gasteiger charge is 2.41. The van der Waals surface area contributed by atoms with Crippen molar-refractivity contribution in [3.63, 3.8) is 0 Å². The molecule has 3 atom stereocenters. The van der Waals surface area contributed by atoms with Crippen molar-refractivity contribution in [2.24, 2.45) is 0 Å². The molecule has 0 spiro atoms. The molecule has 0 aromatic heterocycles. The number of fused-ring (bicyclic) bond motifs is 2. The van der Waals surface area contributed by atoms with E-state index in [1.165, 1.54) is 24.0 Å². The molecule has 2 aromatic carbocycles. The summed E-state index contributed by atoms with van der Waals surface area (Å²) < 4.78 is 5.55. The summed E-state index contributed by atoms with van der Waals surface area (Å²) >= 11 is 0. The van der Waals surface area contributed by atoms with Gasteiger partial charge >= 0.3 is 0 Å². The van der Waals surface area contributed by atoms with E-state index in [1.54, 1.807) is 7.11 Å². The number of carbonyl (C=O) groups is 1. The molecule has 174 valence electrons. The lowest BCUT2D eigenvalue weighted by Gasteiger charge is -2.44. The van der Waals surface area contributed by atoms with Gasteiger partial charge in [-0.2, -0.15) is 0 Å². The number of amides is 1. The van der Waals surface area contributed by atoms with Gasteiger partial charge in [-0.15, -0.1) is 6.58 Å². The Hall–Kier alpha value is -2.63. The van der Waals surface area contributed by atoms with Gasteiger partial charge in [0.25, 0.3) is 5.91 Å². The normalized spacial score (nSPS) is 24.1. The molecule has 3 heterocycles. The van der Waals surface area contributed by atoms with Crippen LogP contribution < -0.4 is 4.74 Å². The summed E-state index contributed by atoms with van der Waals surface area (Å²) in [6.07, 6.45) is 6.77. The molecule has 1 amide bonds. The number of benzene rings is 2. The van der Waals surface area contributed by atoms with Gasteiger partial charge in [-0.3, -0.25) is 14.6 Å². The molecule has 0 radical (unpaired) electrons. The van der Waals surface area contributed by atoms with E-state index in [0.29, 0.717) is 12.1 Å². The second-order valence-electron chi connectivity index (χ2n) is 9.62. The molecule has 3 saturated heterocycles. The zero-order chi connectivity index (χ0) is 22.8. The standard InChI is InChI=1S/C28H35N3O2/c1-3-15-31-24-13-14-25(31)20-30(19-24)27(23-7-6-8-26(18-23)33-2)21-9-11-22(12-10-21)28(32)29-16-4-5-17-29/h3,6-12,18,24-25,27H,1,4-5,13-17,19-20H2,2H3. The molecule has 0 saturated carbocycles. The van der Waals surface area contributed by atoms with Gasteiger partial charge in [-0.1, -0.05) is 30.3 Å². The van der Waals surface area contributed by atoms with Crippen LogP contribution in [-0.4, -0.2) is 72.5 Å². The fourth-order valence-corrected chi connectivity index (χ4v) is 6.02. The molecule has 3 unspecified atom stereocenters. The highest BCUT2D eigenvalue weighted by Crippen LogP contribution is 2.38. The minimum Gasteiger partial charge on any atom is -0.497 e. The molecule has 5 nitrogen and oxygen atoms in total. The first-order valence-corrected chi connectivity index (χ1v) is 12.3. The summed E-state index contributed by atoms with van der Waals surface area (Å²) in [5, 5.41) is 0. The van der Waals surface area contributed by atoms with Crippen LogP contribution in [0.2, 0.25) is 0 Å². The smallest absolute Gasteiger partial charge is 0.253 e. The van der Waals surface area contributed by atoms with Crippen molar-refractivity contribution in [1.82, 2.24) is 14.7 Å². The second kappa shape index (κ2) is 9.70. The first kappa shape index (κ1) is 22.2. The van der Waals surface area contributed by atoms with E-state index in [9.17, 15) is 4.79 Å². The molecule has 5 rings (SSSR count). The Morgan fingerprint density at radius 1 is 1.06 bits per heavy atom. The van der Waals surface area contributed by atoms with Crippen molar-refractivity contribution in [2.45, 2.75) is 43.8 Å². The predicted octanol–water partition coefficient (Wildman–Crippen LogP) is 4.36. The number of nitrogens with zero attached hydrogens (tertiary/aromatic N) is 3. The molecule has 3 fully saturated rings. The van der Waals surface area contributed by atoms with Crippen LogP contribution in [0.15, 0.2) is 61.2 Å². The Bertz CT molecular complexity index is 969. The maximum Gasteiger partial charge on any atom is 0.253 e. The van der Waals surface area contributed by atoms with Gasteiger partial charge in [0.15, 0.2) is 0 Å². The van der Waals surface area contributed by atoms with Crippen LogP contribution in [-0.2, 0) is 0 Å². The summed E-state index contributed by atoms with van der Waals surface area (Å²) in [6, 6.07) is 18.1. The zero-order valence-corrected chi connectivity index (χ0v) is 19.7. The SMILES string of the molecule is C=CCN1C2CCC1CN(C(c1ccc(C(=O)N3CCCC3)cc1)c1cccc(OC)c1)C2. The van der Waals surface area contributed by atoms with Crippen LogP contribution >= 0.6 is 0 Å². The fourth-order valence-electron chi connectivity index (χ4n) is 6.02. The van der Waals surface area contributed by atoms with Gasteiger partial charge < -0.3 is 9.64 Å². The van der Waals surface area contributed by atoms with E-state index in [4.69, 9.17) is 4.74 Å². The molecule has 5 heteroatoms. The third-order valence-corrected chi connectivity index (χ3v) is 7.64. The number of methoxy groups -OCH3 is 1. The van der Waals surface area contributed by atoms with Crippen molar-refractivity contribution in [3.05, 3.63) is 77.9 Å². The maximum absolute atomic E-state index is 12.9. The number of carbonyl (C=O) groups excluding carboxylic acids is 1. The van der Waals surface area contributed by atoms with Crippen LogP contribution in [0.25, 0.3) is 0 Å². The van der Waals surface area contributed by atoms with Crippen LogP contribution in [0.1, 0.15) is 53.2 Å². The molecule has 3 aliphatic rings. The van der Waals surface area contributed by atoms with Crippen molar-refractivity contribution in [3.8, 4) is 5.75 Å². The van der Waals surface area contributed by atoms with E-state index < -0.39 is 0 Å². The van der Waals surface area contributed by atoms with Gasteiger partial charge in [0.05, 0.1) is 13.2 Å². The lowest BCUT2D eigenvalue weighted by atomic mass is 9.94. The van der Waals surface area contributed by atoms with Crippen LogP contribution in [0.4, 0.5) is 0 Å². The molecule has 2 aromatic rings.